The van der Waals surface area contributed by atoms with Crippen molar-refractivity contribution >= 4 is 17.5 Å². The highest BCUT2D eigenvalue weighted by Gasteiger charge is 2.18. The molecule has 6 nitrogen and oxygen atoms in total. The summed E-state index contributed by atoms with van der Waals surface area (Å²) in [5, 5.41) is 3.15. The van der Waals surface area contributed by atoms with Crippen molar-refractivity contribution in [3.05, 3.63) is 29.8 Å². The molecule has 0 spiro atoms. The van der Waals surface area contributed by atoms with Crippen LogP contribution in [0.15, 0.2) is 24.3 Å². The predicted molar refractivity (Wildman–Crippen MR) is 96.7 cm³/mol. The minimum absolute atomic E-state index is 0.0625. The molecule has 0 aliphatic carbocycles. The van der Waals surface area contributed by atoms with Gasteiger partial charge in [-0.2, -0.15) is 0 Å². The predicted octanol–water partition coefficient (Wildman–Crippen LogP) is 1.97. The zero-order valence-corrected chi connectivity index (χ0v) is 14.7. The summed E-state index contributed by atoms with van der Waals surface area (Å²) >= 11 is 0. The lowest BCUT2D eigenvalue weighted by molar-refractivity contribution is -0.133. The molecule has 2 aliphatic heterocycles. The van der Waals surface area contributed by atoms with Crippen molar-refractivity contribution in [2.75, 3.05) is 51.3 Å². The third kappa shape index (κ3) is 4.95. The fourth-order valence-corrected chi connectivity index (χ4v) is 3.32. The lowest BCUT2D eigenvalue weighted by Gasteiger charge is -2.27. The van der Waals surface area contributed by atoms with Crippen LogP contribution in [-0.4, -0.2) is 67.6 Å². The minimum Gasteiger partial charge on any atom is -0.378 e. The molecule has 0 aromatic heterocycles. The molecular formula is C19H27N3O3. The number of ether oxygens (including phenoxy) is 1. The molecule has 2 aliphatic rings. The van der Waals surface area contributed by atoms with Crippen LogP contribution >= 0.6 is 0 Å². The number of nitrogens with zero attached hydrogens (tertiary/aromatic N) is 2. The number of hydrogen-bond acceptors (Lipinski definition) is 4. The summed E-state index contributed by atoms with van der Waals surface area (Å²) in [4.78, 5) is 28.7. The van der Waals surface area contributed by atoms with E-state index in [2.05, 4.69) is 5.32 Å². The van der Waals surface area contributed by atoms with Gasteiger partial charge in [-0.25, -0.2) is 0 Å². The zero-order valence-electron chi connectivity index (χ0n) is 14.7. The standard InChI is InChI=1S/C19H27N3O3/c23-18(21-10-12-25-13-11-21)15-20-17-7-5-6-16(14-17)19(24)22-8-3-1-2-4-9-22/h5-7,14,20H,1-4,8-13,15H2. The van der Waals surface area contributed by atoms with Crippen LogP contribution in [-0.2, 0) is 9.53 Å². The number of morpholine rings is 1. The van der Waals surface area contributed by atoms with Crippen LogP contribution in [0.25, 0.3) is 0 Å². The Balaban J connectivity index is 1.57. The summed E-state index contributed by atoms with van der Waals surface area (Å²) in [5.41, 5.74) is 1.49. The van der Waals surface area contributed by atoms with Crippen molar-refractivity contribution in [3.63, 3.8) is 0 Å². The number of carbonyl (C=O) groups is 2. The van der Waals surface area contributed by atoms with Crippen molar-refractivity contribution in [1.82, 2.24) is 9.80 Å². The molecule has 3 rings (SSSR count). The topological polar surface area (TPSA) is 61.9 Å². The average molecular weight is 345 g/mol. The third-order valence-corrected chi connectivity index (χ3v) is 4.81. The molecule has 2 saturated heterocycles. The van der Waals surface area contributed by atoms with Gasteiger partial charge in [0.15, 0.2) is 0 Å². The van der Waals surface area contributed by atoms with Crippen LogP contribution in [0, 0.1) is 0 Å². The van der Waals surface area contributed by atoms with E-state index in [1.54, 1.807) is 0 Å². The summed E-state index contributed by atoms with van der Waals surface area (Å²) in [7, 11) is 0. The molecule has 136 valence electrons. The number of likely N-dealkylation sites (tertiary alicyclic amines) is 1. The number of anilines is 1. The van der Waals surface area contributed by atoms with E-state index in [4.69, 9.17) is 4.74 Å². The highest BCUT2D eigenvalue weighted by atomic mass is 16.5. The second-order valence-electron chi connectivity index (χ2n) is 6.63. The van der Waals surface area contributed by atoms with Gasteiger partial charge in [-0.15, -0.1) is 0 Å². The Morgan fingerprint density at radius 2 is 1.68 bits per heavy atom. The van der Waals surface area contributed by atoms with E-state index in [1.165, 1.54) is 12.8 Å². The van der Waals surface area contributed by atoms with E-state index >= 15 is 0 Å². The molecule has 6 heteroatoms. The zero-order chi connectivity index (χ0) is 17.5. The number of benzene rings is 1. The van der Waals surface area contributed by atoms with Gasteiger partial charge in [0.25, 0.3) is 5.91 Å². The van der Waals surface area contributed by atoms with Gasteiger partial charge in [0.05, 0.1) is 19.8 Å². The minimum atomic E-state index is 0.0625. The van der Waals surface area contributed by atoms with Crippen LogP contribution < -0.4 is 5.32 Å². The molecule has 1 N–H and O–H groups in total. The van der Waals surface area contributed by atoms with Gasteiger partial charge in [0.1, 0.15) is 0 Å². The van der Waals surface area contributed by atoms with Gasteiger partial charge < -0.3 is 19.9 Å². The second kappa shape index (κ2) is 8.85. The summed E-state index contributed by atoms with van der Waals surface area (Å²) in [6.45, 7) is 4.42. The summed E-state index contributed by atoms with van der Waals surface area (Å²) in [5.74, 6) is 0.151. The monoisotopic (exact) mass is 345 g/mol. The van der Waals surface area contributed by atoms with Gasteiger partial charge in [0, 0.05) is 37.4 Å². The fourth-order valence-electron chi connectivity index (χ4n) is 3.32. The molecule has 2 amide bonds. The molecule has 2 heterocycles. The van der Waals surface area contributed by atoms with Crippen molar-refractivity contribution in [1.29, 1.82) is 0 Å². The highest BCUT2D eigenvalue weighted by molar-refractivity contribution is 5.95. The van der Waals surface area contributed by atoms with Crippen LogP contribution in [0.5, 0.6) is 0 Å². The molecule has 25 heavy (non-hydrogen) atoms. The maximum Gasteiger partial charge on any atom is 0.253 e. The number of hydrogen-bond donors (Lipinski definition) is 1. The molecular weight excluding hydrogens is 318 g/mol. The van der Waals surface area contributed by atoms with Crippen molar-refractivity contribution in [3.8, 4) is 0 Å². The van der Waals surface area contributed by atoms with Gasteiger partial charge in [0.2, 0.25) is 5.91 Å². The molecule has 0 saturated carbocycles. The van der Waals surface area contributed by atoms with Gasteiger partial charge in [-0.1, -0.05) is 18.9 Å². The van der Waals surface area contributed by atoms with E-state index in [0.717, 1.165) is 31.6 Å². The Morgan fingerprint density at radius 1 is 0.960 bits per heavy atom. The molecule has 1 aromatic carbocycles. The fraction of sp³-hybridized carbons (Fsp3) is 0.579. The lowest BCUT2D eigenvalue weighted by atomic mass is 10.1. The Labute approximate surface area is 149 Å². The van der Waals surface area contributed by atoms with Crippen LogP contribution in [0.2, 0.25) is 0 Å². The Kier molecular flexibility index (Phi) is 6.28. The first-order valence-electron chi connectivity index (χ1n) is 9.23. The molecule has 1 aromatic rings. The van der Waals surface area contributed by atoms with Gasteiger partial charge >= 0.3 is 0 Å². The molecule has 0 unspecified atom stereocenters. The third-order valence-electron chi connectivity index (χ3n) is 4.81. The van der Waals surface area contributed by atoms with Crippen molar-refractivity contribution < 1.29 is 14.3 Å². The number of rotatable bonds is 4. The van der Waals surface area contributed by atoms with E-state index < -0.39 is 0 Å². The smallest absolute Gasteiger partial charge is 0.253 e. The maximum atomic E-state index is 12.7. The summed E-state index contributed by atoms with van der Waals surface area (Å²) < 4.78 is 5.26. The lowest BCUT2D eigenvalue weighted by Crippen LogP contribution is -2.43. The normalized spacial score (nSPS) is 18.6. The number of nitrogens with one attached hydrogen (secondary N) is 1. The number of carbonyl (C=O) groups excluding carboxylic acids is 2. The summed E-state index contributed by atoms with van der Waals surface area (Å²) in [6, 6.07) is 7.46. The molecule has 0 radical (unpaired) electrons. The first-order valence-corrected chi connectivity index (χ1v) is 9.23. The van der Waals surface area contributed by atoms with Crippen LogP contribution in [0.3, 0.4) is 0 Å². The van der Waals surface area contributed by atoms with Gasteiger partial charge in [-0.3, -0.25) is 9.59 Å². The Hall–Kier alpha value is -2.08. The van der Waals surface area contributed by atoms with Crippen LogP contribution in [0.4, 0.5) is 5.69 Å². The largest absolute Gasteiger partial charge is 0.378 e. The number of amides is 2. The van der Waals surface area contributed by atoms with E-state index in [1.807, 2.05) is 34.1 Å². The van der Waals surface area contributed by atoms with E-state index in [9.17, 15) is 9.59 Å². The van der Waals surface area contributed by atoms with Gasteiger partial charge in [-0.05, 0) is 31.0 Å². The maximum absolute atomic E-state index is 12.7. The van der Waals surface area contributed by atoms with Crippen LogP contribution in [0.1, 0.15) is 36.0 Å². The Bertz CT molecular complexity index is 591. The molecule has 0 atom stereocenters. The van der Waals surface area contributed by atoms with Crippen molar-refractivity contribution in [2.45, 2.75) is 25.7 Å². The van der Waals surface area contributed by atoms with E-state index in [-0.39, 0.29) is 18.4 Å². The average Bonchev–Trinajstić information content (AvgIpc) is 2.96. The highest BCUT2D eigenvalue weighted by Crippen LogP contribution is 2.16. The first kappa shape index (κ1) is 17.7. The quantitative estimate of drug-likeness (QED) is 0.906. The summed E-state index contributed by atoms with van der Waals surface area (Å²) in [6.07, 6.45) is 4.57. The SMILES string of the molecule is O=C(CNc1cccc(C(=O)N2CCCCCC2)c1)N1CCOCC1. The Morgan fingerprint density at radius 3 is 2.40 bits per heavy atom. The van der Waals surface area contributed by atoms with E-state index in [0.29, 0.717) is 31.9 Å². The molecule has 2 fully saturated rings. The first-order chi connectivity index (χ1) is 12.2. The molecule has 0 bridgehead atoms. The second-order valence-corrected chi connectivity index (χ2v) is 6.63. The van der Waals surface area contributed by atoms with Crippen molar-refractivity contribution in [2.24, 2.45) is 0 Å².